The Morgan fingerprint density at radius 2 is 2.05 bits per heavy atom. The van der Waals surface area contributed by atoms with E-state index in [0.717, 1.165) is 38.6 Å². The third kappa shape index (κ3) is 5.28. The van der Waals surface area contributed by atoms with Gasteiger partial charge in [0, 0.05) is 19.6 Å². The van der Waals surface area contributed by atoms with E-state index in [9.17, 15) is 9.59 Å². The maximum absolute atomic E-state index is 12.0. The van der Waals surface area contributed by atoms with Crippen LogP contribution in [0.15, 0.2) is 0 Å². The van der Waals surface area contributed by atoms with Crippen molar-refractivity contribution in [2.24, 2.45) is 5.41 Å². The van der Waals surface area contributed by atoms with E-state index in [2.05, 4.69) is 10.6 Å². The molecule has 2 aliphatic rings. The van der Waals surface area contributed by atoms with Crippen LogP contribution in [0.4, 0.5) is 0 Å². The number of ether oxygens (including phenoxy) is 1. The molecule has 2 fully saturated rings. The number of carbonyl (C=O) groups excluding carboxylic acids is 1. The maximum Gasteiger partial charge on any atom is 0.303 e. The maximum atomic E-state index is 12.0. The first-order valence-electron chi connectivity index (χ1n) is 7.90. The lowest BCUT2D eigenvalue weighted by Crippen LogP contribution is -2.44. The molecule has 0 aromatic rings. The first-order valence-corrected chi connectivity index (χ1v) is 7.90. The Balaban J connectivity index is 1.79. The van der Waals surface area contributed by atoms with Gasteiger partial charge in [-0.05, 0) is 18.3 Å². The van der Waals surface area contributed by atoms with E-state index >= 15 is 0 Å². The van der Waals surface area contributed by atoms with Crippen molar-refractivity contribution in [2.75, 3.05) is 26.2 Å². The fourth-order valence-corrected chi connectivity index (χ4v) is 3.35. The fraction of sp³-hybridized carbons (Fsp3) is 0.867. The van der Waals surface area contributed by atoms with Gasteiger partial charge in [-0.15, -0.1) is 0 Å². The van der Waals surface area contributed by atoms with E-state index in [0.29, 0.717) is 26.1 Å². The van der Waals surface area contributed by atoms with Gasteiger partial charge < -0.3 is 20.5 Å². The SMILES string of the molecule is O=C(O)CC1(CNC(=O)CC2CNCCO2)CCCCC1. The van der Waals surface area contributed by atoms with Crippen LogP contribution in [0.1, 0.15) is 44.9 Å². The van der Waals surface area contributed by atoms with Crippen molar-refractivity contribution in [1.29, 1.82) is 0 Å². The van der Waals surface area contributed by atoms with Crippen LogP contribution in [-0.4, -0.2) is 49.3 Å². The molecule has 1 atom stereocenters. The van der Waals surface area contributed by atoms with E-state index in [1.54, 1.807) is 0 Å². The second-order valence-corrected chi connectivity index (χ2v) is 6.31. The molecule has 1 heterocycles. The normalized spacial score (nSPS) is 25.2. The zero-order valence-electron chi connectivity index (χ0n) is 12.5. The zero-order chi connectivity index (χ0) is 15.1. The molecule has 1 aliphatic heterocycles. The average molecular weight is 298 g/mol. The number of hydrogen-bond acceptors (Lipinski definition) is 4. The predicted octanol–water partition coefficient (Wildman–Crippen LogP) is 0.906. The number of nitrogens with one attached hydrogen (secondary N) is 2. The fourth-order valence-electron chi connectivity index (χ4n) is 3.35. The molecule has 1 saturated carbocycles. The molecule has 0 radical (unpaired) electrons. The van der Waals surface area contributed by atoms with Gasteiger partial charge in [-0.3, -0.25) is 9.59 Å². The van der Waals surface area contributed by atoms with Crippen LogP contribution in [0, 0.1) is 5.41 Å². The van der Waals surface area contributed by atoms with Gasteiger partial charge in [-0.1, -0.05) is 19.3 Å². The number of aliphatic carboxylic acids is 1. The molecule has 0 aromatic heterocycles. The average Bonchev–Trinajstić information content (AvgIpc) is 2.47. The Morgan fingerprint density at radius 3 is 2.67 bits per heavy atom. The second-order valence-electron chi connectivity index (χ2n) is 6.31. The minimum absolute atomic E-state index is 0.0426. The molecule has 1 amide bonds. The molecule has 1 aliphatic carbocycles. The number of carboxylic acid groups (broad SMARTS) is 1. The molecule has 120 valence electrons. The first kappa shape index (κ1) is 16.2. The summed E-state index contributed by atoms with van der Waals surface area (Å²) in [6.45, 7) is 2.65. The zero-order valence-corrected chi connectivity index (χ0v) is 12.5. The molecule has 0 aromatic carbocycles. The highest BCUT2D eigenvalue weighted by Gasteiger charge is 2.34. The lowest BCUT2D eigenvalue weighted by Gasteiger charge is -2.36. The van der Waals surface area contributed by atoms with Gasteiger partial charge in [-0.2, -0.15) is 0 Å². The molecular formula is C15H26N2O4. The Kier molecular flexibility index (Phi) is 5.99. The summed E-state index contributed by atoms with van der Waals surface area (Å²) in [4.78, 5) is 23.1. The Morgan fingerprint density at radius 1 is 1.29 bits per heavy atom. The van der Waals surface area contributed by atoms with Crippen LogP contribution >= 0.6 is 0 Å². The number of carboxylic acids is 1. The number of carbonyl (C=O) groups is 2. The van der Waals surface area contributed by atoms with Gasteiger partial charge in [0.2, 0.25) is 5.91 Å². The number of rotatable bonds is 6. The van der Waals surface area contributed by atoms with Crippen molar-refractivity contribution in [3.63, 3.8) is 0 Å². The number of morpholine rings is 1. The molecule has 0 bridgehead atoms. The van der Waals surface area contributed by atoms with Crippen LogP contribution in [0.2, 0.25) is 0 Å². The first-order chi connectivity index (χ1) is 10.1. The molecule has 1 saturated heterocycles. The lowest BCUT2D eigenvalue weighted by molar-refractivity contribution is -0.141. The molecule has 6 heteroatoms. The molecule has 3 N–H and O–H groups in total. The molecular weight excluding hydrogens is 272 g/mol. The topological polar surface area (TPSA) is 87.7 Å². The van der Waals surface area contributed by atoms with Crippen molar-refractivity contribution in [3.8, 4) is 0 Å². The van der Waals surface area contributed by atoms with Gasteiger partial charge in [0.1, 0.15) is 0 Å². The summed E-state index contributed by atoms with van der Waals surface area (Å²) in [6.07, 6.45) is 5.47. The largest absolute Gasteiger partial charge is 0.481 e. The quantitative estimate of drug-likeness (QED) is 0.678. The summed E-state index contributed by atoms with van der Waals surface area (Å²) < 4.78 is 5.51. The lowest BCUT2D eigenvalue weighted by atomic mass is 9.71. The van der Waals surface area contributed by atoms with Gasteiger partial charge in [0.05, 0.1) is 25.6 Å². The minimum atomic E-state index is -0.772. The minimum Gasteiger partial charge on any atom is -0.481 e. The molecule has 1 unspecified atom stereocenters. The summed E-state index contributed by atoms with van der Waals surface area (Å²) >= 11 is 0. The highest BCUT2D eigenvalue weighted by molar-refractivity contribution is 5.76. The molecule has 2 rings (SSSR count). The van der Waals surface area contributed by atoms with E-state index in [4.69, 9.17) is 9.84 Å². The van der Waals surface area contributed by atoms with Gasteiger partial charge in [0.15, 0.2) is 0 Å². The van der Waals surface area contributed by atoms with Crippen molar-refractivity contribution in [2.45, 2.75) is 51.0 Å². The molecule has 0 spiro atoms. The number of hydrogen-bond donors (Lipinski definition) is 3. The van der Waals surface area contributed by atoms with Gasteiger partial charge >= 0.3 is 5.97 Å². The summed E-state index contributed by atoms with van der Waals surface area (Å²) in [5, 5.41) is 15.2. The van der Waals surface area contributed by atoms with Crippen molar-refractivity contribution in [3.05, 3.63) is 0 Å². The summed E-state index contributed by atoms with van der Waals surface area (Å²) in [5.41, 5.74) is -0.259. The molecule has 6 nitrogen and oxygen atoms in total. The summed E-state index contributed by atoms with van der Waals surface area (Å²) in [7, 11) is 0. The van der Waals surface area contributed by atoms with Crippen molar-refractivity contribution >= 4 is 11.9 Å². The monoisotopic (exact) mass is 298 g/mol. The van der Waals surface area contributed by atoms with E-state index < -0.39 is 5.97 Å². The van der Waals surface area contributed by atoms with Gasteiger partial charge in [-0.25, -0.2) is 0 Å². The smallest absolute Gasteiger partial charge is 0.303 e. The van der Waals surface area contributed by atoms with Crippen LogP contribution in [0.25, 0.3) is 0 Å². The highest BCUT2D eigenvalue weighted by atomic mass is 16.5. The predicted molar refractivity (Wildman–Crippen MR) is 78.0 cm³/mol. The summed E-state index contributed by atoms with van der Waals surface area (Å²) in [5.74, 6) is -0.815. The van der Waals surface area contributed by atoms with Crippen LogP contribution < -0.4 is 10.6 Å². The second kappa shape index (κ2) is 7.75. The summed E-state index contributed by atoms with van der Waals surface area (Å²) in [6, 6.07) is 0. The van der Waals surface area contributed by atoms with E-state index in [1.807, 2.05) is 0 Å². The third-order valence-corrected chi connectivity index (χ3v) is 4.52. The van der Waals surface area contributed by atoms with Crippen LogP contribution in [0.5, 0.6) is 0 Å². The highest BCUT2D eigenvalue weighted by Crippen LogP contribution is 2.38. The Labute approximate surface area is 125 Å². The Bertz CT molecular complexity index is 361. The van der Waals surface area contributed by atoms with Crippen LogP contribution in [0.3, 0.4) is 0 Å². The molecule has 21 heavy (non-hydrogen) atoms. The van der Waals surface area contributed by atoms with E-state index in [-0.39, 0.29) is 23.8 Å². The Hall–Kier alpha value is -1.14. The van der Waals surface area contributed by atoms with Gasteiger partial charge in [0.25, 0.3) is 0 Å². The standard InChI is InChI=1S/C15H26N2O4/c18-13(8-12-10-16-6-7-21-12)17-11-15(9-14(19)20)4-2-1-3-5-15/h12,16H,1-11H2,(H,17,18)(H,19,20). The number of amides is 1. The van der Waals surface area contributed by atoms with Crippen molar-refractivity contribution < 1.29 is 19.4 Å². The third-order valence-electron chi connectivity index (χ3n) is 4.52. The van der Waals surface area contributed by atoms with Crippen molar-refractivity contribution in [1.82, 2.24) is 10.6 Å². The van der Waals surface area contributed by atoms with E-state index in [1.165, 1.54) is 0 Å². The van der Waals surface area contributed by atoms with Crippen LogP contribution in [-0.2, 0) is 14.3 Å².